The molecule has 10 bridgehead atoms. The largest absolute Gasteiger partial charge is 0.0871 e. The minimum Gasteiger partial charge on any atom is -0.0871 e. The molecule has 0 spiro atoms. The van der Waals surface area contributed by atoms with Gasteiger partial charge in [-0.2, -0.15) is 0 Å². The van der Waals surface area contributed by atoms with Gasteiger partial charge in [-0.15, -0.1) is 0 Å². The maximum absolute atomic E-state index is 2.33. The van der Waals surface area contributed by atoms with E-state index in [4.69, 9.17) is 0 Å². The van der Waals surface area contributed by atoms with Gasteiger partial charge in [0, 0.05) is 10.6 Å². The van der Waals surface area contributed by atoms with Crippen molar-refractivity contribution in [3.8, 4) is 44.0 Å². The number of allylic oxidation sites excluding steroid dienone is 4. The molecule has 0 nitrogen and oxygen atoms in total. The highest BCUT2D eigenvalue weighted by Gasteiger charge is 2.07. The van der Waals surface area contributed by atoms with E-state index in [2.05, 4.69) is 140 Å². The summed E-state index contributed by atoms with van der Waals surface area (Å²) in [6.45, 7) is 2.08. The molecule has 4 aromatic carbocycles. The van der Waals surface area contributed by atoms with E-state index in [1.165, 1.54) is 68.9 Å². The Bertz CT molecular complexity index is 1550. The first-order valence-electron chi connectivity index (χ1n) is 12.5. The summed E-state index contributed by atoms with van der Waals surface area (Å²) in [7, 11) is 1.24. The van der Waals surface area contributed by atoms with Crippen LogP contribution < -0.4 is 0 Å². The predicted molar refractivity (Wildman–Crippen MR) is 157 cm³/mol. The van der Waals surface area contributed by atoms with Gasteiger partial charge in [0.15, 0.2) is 0 Å². The van der Waals surface area contributed by atoms with Gasteiger partial charge in [0.2, 0.25) is 0 Å². The van der Waals surface area contributed by atoms with Crippen LogP contribution in [0, 0.1) is 0 Å². The molecule has 36 heavy (non-hydrogen) atoms. The zero-order chi connectivity index (χ0) is 24.3. The van der Waals surface area contributed by atoms with Crippen LogP contribution in [0.25, 0.3) is 49.5 Å². The van der Waals surface area contributed by atoms with Gasteiger partial charge < -0.3 is 0 Å². The van der Waals surface area contributed by atoms with Gasteiger partial charge in [-0.3, -0.25) is 0 Å². The van der Waals surface area contributed by atoms with E-state index in [9.17, 15) is 0 Å². The molecule has 0 unspecified atom stereocenters. The summed E-state index contributed by atoms with van der Waals surface area (Å²) >= 11 is 0. The Morgan fingerprint density at radius 1 is 0.500 bits per heavy atom. The highest BCUT2D eigenvalue weighted by molar-refractivity contribution is 7.37. The van der Waals surface area contributed by atoms with Crippen molar-refractivity contribution in [2.75, 3.05) is 0 Å². The average molecular weight is 479 g/mol. The van der Waals surface area contributed by atoms with Crippen LogP contribution in [0.5, 0.6) is 0 Å². The van der Waals surface area contributed by atoms with E-state index >= 15 is 0 Å². The normalized spacial score (nSPS) is 14.2. The van der Waals surface area contributed by atoms with Gasteiger partial charge >= 0.3 is 0 Å². The first kappa shape index (κ1) is 22.5. The van der Waals surface area contributed by atoms with E-state index in [0.29, 0.717) is 0 Å². The fourth-order valence-electron chi connectivity index (χ4n) is 4.80. The average Bonchev–Trinajstić information content (AvgIpc) is 2.96. The third-order valence-corrected chi connectivity index (χ3v) is 8.15. The third-order valence-electron chi connectivity index (χ3n) is 6.85. The van der Waals surface area contributed by atoms with E-state index < -0.39 is 0 Å². The summed E-state index contributed by atoms with van der Waals surface area (Å²) in [4.78, 5) is 0. The Hall–Kier alpha value is -3.99. The minimum atomic E-state index is 0.904. The van der Waals surface area contributed by atoms with Crippen molar-refractivity contribution in [2.24, 2.45) is 0 Å². The standard InChI is InChI=1S/C35H27P/c1-2-4-26-10-7-25-8-11-27(12-9-25)30-17-21-32(22-18-30)34-5-3-6-35(36-34)33-23-19-31(20-24-33)29-15-13-28(26)14-16-29/h2-6,8-24H,7H2,1H3/b4-2-,26-10+. The van der Waals surface area contributed by atoms with Crippen molar-refractivity contribution >= 4 is 13.8 Å². The summed E-state index contributed by atoms with van der Waals surface area (Å²) in [5, 5.41) is 2.66. The van der Waals surface area contributed by atoms with Gasteiger partial charge in [-0.25, -0.2) is 0 Å². The molecule has 7 aliphatic rings. The zero-order valence-electron chi connectivity index (χ0n) is 20.4. The summed E-state index contributed by atoms with van der Waals surface area (Å²) in [5.74, 6) is 0. The molecular weight excluding hydrogens is 451 g/mol. The van der Waals surface area contributed by atoms with Crippen molar-refractivity contribution in [1.82, 2.24) is 0 Å². The van der Waals surface area contributed by atoms with Gasteiger partial charge in [0.1, 0.15) is 0 Å². The van der Waals surface area contributed by atoms with Crippen molar-refractivity contribution in [3.05, 3.63) is 145 Å². The number of rotatable bonds is 1. The van der Waals surface area contributed by atoms with Crippen LogP contribution in [0.2, 0.25) is 0 Å². The Labute approximate surface area is 215 Å². The molecule has 5 aromatic rings. The Kier molecular flexibility index (Phi) is 6.20. The second-order valence-corrected chi connectivity index (χ2v) is 10.4. The van der Waals surface area contributed by atoms with Gasteiger partial charge in [0.05, 0.1) is 0 Å². The van der Waals surface area contributed by atoms with E-state index in [0.717, 1.165) is 6.42 Å². The molecule has 0 saturated carbocycles. The molecule has 12 rings (SSSR count). The lowest BCUT2D eigenvalue weighted by Gasteiger charge is -2.10. The lowest BCUT2D eigenvalue weighted by molar-refractivity contribution is 1.27. The molecule has 1 heteroatoms. The molecular formula is C35H27P. The van der Waals surface area contributed by atoms with E-state index in [-0.39, 0.29) is 0 Å². The highest BCUT2D eigenvalue weighted by Crippen LogP contribution is 2.38. The molecule has 172 valence electrons. The van der Waals surface area contributed by atoms with Crippen LogP contribution in [0.15, 0.2) is 133 Å². The molecule has 1 aromatic heterocycles. The van der Waals surface area contributed by atoms with Crippen molar-refractivity contribution in [3.63, 3.8) is 0 Å². The first-order valence-corrected chi connectivity index (χ1v) is 13.4. The van der Waals surface area contributed by atoms with Crippen molar-refractivity contribution < 1.29 is 0 Å². The summed E-state index contributed by atoms with van der Waals surface area (Å²) in [6, 6.07) is 42.5. The predicted octanol–water partition coefficient (Wildman–Crippen LogP) is 10.5. The van der Waals surface area contributed by atoms with Crippen LogP contribution >= 0.6 is 8.19 Å². The first-order chi connectivity index (χ1) is 17.8. The summed E-state index contributed by atoms with van der Waals surface area (Å²) in [5.41, 5.74) is 11.4. The molecule has 0 fully saturated rings. The van der Waals surface area contributed by atoms with Crippen molar-refractivity contribution in [2.45, 2.75) is 13.3 Å². The molecule has 0 aliphatic carbocycles. The van der Waals surface area contributed by atoms with Gasteiger partial charge in [-0.05, 0) is 75.6 Å². The molecule has 0 amide bonds. The molecule has 0 N–H and O–H groups in total. The SMILES string of the molecule is C/C=C\C1=C/Cc2ccc(cc2)-c2ccc(cc2)-c2cccc(p2)-c2ccc(cc2)-c2ccc1cc2. The van der Waals surface area contributed by atoms with E-state index in [1.807, 2.05) is 0 Å². The maximum Gasteiger partial charge on any atom is 0.00961 e. The van der Waals surface area contributed by atoms with Crippen LogP contribution in [0.1, 0.15) is 18.1 Å². The highest BCUT2D eigenvalue weighted by atomic mass is 31.0. The third kappa shape index (κ3) is 4.61. The van der Waals surface area contributed by atoms with Gasteiger partial charge in [0.25, 0.3) is 0 Å². The van der Waals surface area contributed by atoms with Crippen LogP contribution in [-0.2, 0) is 6.42 Å². The molecule has 0 atom stereocenters. The molecule has 7 aliphatic heterocycles. The fourth-order valence-corrected chi connectivity index (χ4v) is 5.94. The lowest BCUT2D eigenvalue weighted by Crippen LogP contribution is -1.87. The minimum absolute atomic E-state index is 0.904. The fraction of sp³-hybridized carbons (Fsp3) is 0.0571. The lowest BCUT2D eigenvalue weighted by atomic mass is 9.97. The Balaban J connectivity index is 1.48. The smallest absolute Gasteiger partial charge is 0.00961 e. The summed E-state index contributed by atoms with van der Waals surface area (Å²) < 4.78 is 0. The topological polar surface area (TPSA) is 0 Å². The Morgan fingerprint density at radius 3 is 1.39 bits per heavy atom. The molecule has 0 saturated heterocycles. The quantitative estimate of drug-likeness (QED) is 0.225. The summed E-state index contributed by atoms with van der Waals surface area (Å²) in [6.07, 6.45) is 7.55. The number of benzene rings is 4. The number of hydrogen-bond donors (Lipinski definition) is 0. The monoisotopic (exact) mass is 478 g/mol. The molecule has 0 radical (unpaired) electrons. The zero-order valence-corrected chi connectivity index (χ0v) is 21.3. The van der Waals surface area contributed by atoms with Crippen LogP contribution in [-0.4, -0.2) is 0 Å². The van der Waals surface area contributed by atoms with Gasteiger partial charge in [-0.1, -0.05) is 130 Å². The van der Waals surface area contributed by atoms with E-state index in [1.54, 1.807) is 0 Å². The Morgan fingerprint density at radius 2 is 0.917 bits per heavy atom. The molecule has 8 heterocycles. The van der Waals surface area contributed by atoms with Crippen LogP contribution in [0.4, 0.5) is 0 Å². The maximum atomic E-state index is 2.33. The van der Waals surface area contributed by atoms with Crippen molar-refractivity contribution in [1.29, 1.82) is 0 Å². The van der Waals surface area contributed by atoms with Crippen LogP contribution in [0.3, 0.4) is 0 Å². The second kappa shape index (κ2) is 9.94. The number of hydrogen-bond acceptors (Lipinski definition) is 0. The second-order valence-electron chi connectivity index (χ2n) is 9.20.